The summed E-state index contributed by atoms with van der Waals surface area (Å²) in [6, 6.07) is 7.12. The van der Waals surface area contributed by atoms with Crippen molar-refractivity contribution in [3.05, 3.63) is 33.7 Å². The van der Waals surface area contributed by atoms with E-state index in [1.807, 2.05) is 0 Å². The summed E-state index contributed by atoms with van der Waals surface area (Å²) in [4.78, 5) is 0. The van der Waals surface area contributed by atoms with Gasteiger partial charge in [-0.2, -0.15) is 0 Å². The third-order valence-corrected chi connectivity index (χ3v) is 1.41. The number of halogens is 2. The fourth-order valence-corrected chi connectivity index (χ4v) is 0.722. The Morgan fingerprint density at radius 3 is 2.62 bits per heavy atom. The largest absolute Gasteiger partial charge is 0.206 e. The van der Waals surface area contributed by atoms with Gasteiger partial charge in [0, 0.05) is 9.64 Å². The molecule has 1 rings (SSSR count). The molecule has 0 fully saturated rings. The van der Waals surface area contributed by atoms with E-state index in [-0.39, 0.29) is 5.82 Å². The van der Waals surface area contributed by atoms with Crippen molar-refractivity contribution in [1.29, 1.82) is 0 Å². The van der Waals surface area contributed by atoms with Gasteiger partial charge in [-0.25, -0.2) is 4.39 Å². The third kappa shape index (κ3) is 1.43. The third-order valence-electron chi connectivity index (χ3n) is 0.737. The summed E-state index contributed by atoms with van der Waals surface area (Å²) < 4.78 is 13.0. The molecule has 0 aliphatic carbocycles. The van der Waals surface area contributed by atoms with E-state index in [0.29, 0.717) is 0 Å². The lowest BCUT2D eigenvalue weighted by atomic mass is 10.4. The molecular weight excluding hydrogens is 218 g/mol. The normalized spacial score (nSPS) is 9.25. The van der Waals surface area contributed by atoms with Crippen LogP contribution in [0, 0.1) is 15.5 Å². The minimum absolute atomic E-state index is 0.301. The van der Waals surface area contributed by atoms with Crippen molar-refractivity contribution in [2.75, 3.05) is 0 Å². The molecule has 0 aliphatic rings. The van der Waals surface area contributed by atoms with Crippen LogP contribution in [0.3, 0.4) is 0 Å². The Bertz CT molecular complexity index is 147. The number of rotatable bonds is 0. The van der Waals surface area contributed by atoms with Crippen LogP contribution in [0.15, 0.2) is 18.2 Å². The van der Waals surface area contributed by atoms with Crippen LogP contribution in [-0.2, 0) is 0 Å². The molecule has 0 saturated heterocycles. The summed E-state index contributed by atoms with van der Waals surface area (Å²) >= 11 is 2.10. The van der Waals surface area contributed by atoms with Gasteiger partial charge in [-0.3, -0.25) is 0 Å². The van der Waals surface area contributed by atoms with Crippen LogP contribution in [0.4, 0.5) is 4.39 Å². The van der Waals surface area contributed by atoms with Crippen molar-refractivity contribution in [3.8, 4) is 0 Å². The average Bonchev–Trinajstić information content (AvgIpc) is 1.77. The molecule has 1 aromatic carbocycles. The van der Waals surface area contributed by atoms with Gasteiger partial charge in [-0.05, 0) is 40.8 Å². The molecule has 0 nitrogen and oxygen atoms in total. The van der Waals surface area contributed by atoms with E-state index in [1.54, 1.807) is 12.1 Å². The SMILES string of the molecule is Fc1[c]cc(I)cc1. The van der Waals surface area contributed by atoms with Gasteiger partial charge in [0.25, 0.3) is 0 Å². The van der Waals surface area contributed by atoms with E-state index in [4.69, 9.17) is 0 Å². The van der Waals surface area contributed by atoms with Crippen molar-refractivity contribution >= 4 is 22.6 Å². The Labute approximate surface area is 60.9 Å². The minimum atomic E-state index is -0.301. The molecule has 0 amide bonds. The lowest BCUT2D eigenvalue weighted by Gasteiger charge is -1.84. The second-order valence-electron chi connectivity index (χ2n) is 1.35. The molecule has 0 aromatic heterocycles. The van der Waals surface area contributed by atoms with Gasteiger partial charge < -0.3 is 0 Å². The first-order valence-electron chi connectivity index (χ1n) is 2.12. The predicted octanol–water partition coefficient (Wildman–Crippen LogP) is 2.23. The summed E-state index contributed by atoms with van der Waals surface area (Å²) in [5.41, 5.74) is 0. The highest BCUT2D eigenvalue weighted by atomic mass is 127. The van der Waals surface area contributed by atoms with E-state index in [0.717, 1.165) is 3.57 Å². The van der Waals surface area contributed by atoms with Crippen LogP contribution < -0.4 is 0 Å². The molecule has 0 atom stereocenters. The summed E-state index contributed by atoms with van der Waals surface area (Å²) in [6.07, 6.45) is 0. The van der Waals surface area contributed by atoms with Crippen LogP contribution in [0.2, 0.25) is 0 Å². The molecule has 1 radical (unpaired) electrons. The second kappa shape index (κ2) is 2.44. The molecule has 0 bridgehead atoms. The zero-order valence-corrected chi connectivity index (χ0v) is 6.15. The first kappa shape index (κ1) is 6.01. The molecule has 0 N–H and O–H groups in total. The van der Waals surface area contributed by atoms with Crippen LogP contribution in [0.5, 0.6) is 0 Å². The summed E-state index contributed by atoms with van der Waals surface area (Å²) in [5, 5.41) is 0. The highest BCUT2D eigenvalue weighted by Crippen LogP contribution is 2.03. The van der Waals surface area contributed by atoms with Crippen LogP contribution in [0.25, 0.3) is 0 Å². The van der Waals surface area contributed by atoms with Gasteiger partial charge in [-0.1, -0.05) is 0 Å². The molecule has 0 heterocycles. The predicted molar refractivity (Wildman–Crippen MR) is 38.0 cm³/mol. The standard InChI is InChI=1S/C6H3FI/c7-5-1-3-6(8)4-2-5/h1,3-4H. The van der Waals surface area contributed by atoms with Gasteiger partial charge in [0.1, 0.15) is 5.82 Å². The maximum atomic E-state index is 12.0. The Kier molecular flexibility index (Phi) is 1.83. The summed E-state index contributed by atoms with van der Waals surface area (Å²) in [5.74, 6) is -0.301. The quantitative estimate of drug-likeness (QED) is 0.589. The molecule has 0 spiro atoms. The zero-order chi connectivity index (χ0) is 5.98. The fourth-order valence-electron chi connectivity index (χ4n) is 0.387. The first-order valence-corrected chi connectivity index (χ1v) is 3.19. The number of benzene rings is 1. The van der Waals surface area contributed by atoms with Gasteiger partial charge in [0.15, 0.2) is 0 Å². The first-order chi connectivity index (χ1) is 3.79. The molecule has 1 aromatic rings. The van der Waals surface area contributed by atoms with E-state index in [9.17, 15) is 4.39 Å². The van der Waals surface area contributed by atoms with Crippen LogP contribution in [0.1, 0.15) is 0 Å². The van der Waals surface area contributed by atoms with Gasteiger partial charge in [0.2, 0.25) is 0 Å². The number of hydrogen-bond donors (Lipinski definition) is 0. The molecule has 2 heteroatoms. The minimum Gasteiger partial charge on any atom is -0.206 e. The van der Waals surface area contributed by atoms with E-state index in [2.05, 4.69) is 28.7 Å². The van der Waals surface area contributed by atoms with Crippen molar-refractivity contribution in [2.24, 2.45) is 0 Å². The van der Waals surface area contributed by atoms with Crippen LogP contribution in [-0.4, -0.2) is 0 Å². The Morgan fingerprint density at radius 2 is 2.25 bits per heavy atom. The second-order valence-corrected chi connectivity index (χ2v) is 2.60. The highest BCUT2D eigenvalue weighted by molar-refractivity contribution is 14.1. The smallest absolute Gasteiger partial charge is 0.131 e. The van der Waals surface area contributed by atoms with E-state index >= 15 is 0 Å². The van der Waals surface area contributed by atoms with Gasteiger partial charge in [0.05, 0.1) is 0 Å². The Balaban J connectivity index is 3.03. The topological polar surface area (TPSA) is 0 Å². The maximum absolute atomic E-state index is 12.0. The van der Waals surface area contributed by atoms with E-state index in [1.165, 1.54) is 6.07 Å². The highest BCUT2D eigenvalue weighted by Gasteiger charge is 1.85. The zero-order valence-electron chi connectivity index (χ0n) is 3.99. The molecule has 0 unspecified atom stereocenters. The fraction of sp³-hybridized carbons (Fsp3) is 0. The monoisotopic (exact) mass is 221 g/mol. The molecule has 41 valence electrons. The van der Waals surface area contributed by atoms with Crippen molar-refractivity contribution in [3.63, 3.8) is 0 Å². The van der Waals surface area contributed by atoms with Gasteiger partial charge in [-0.15, -0.1) is 0 Å². The number of hydrogen-bond acceptors (Lipinski definition) is 0. The molecule has 8 heavy (non-hydrogen) atoms. The lowest BCUT2D eigenvalue weighted by molar-refractivity contribution is 0.625. The average molecular weight is 221 g/mol. The molecule has 0 aliphatic heterocycles. The Morgan fingerprint density at radius 1 is 1.50 bits per heavy atom. The van der Waals surface area contributed by atoms with Crippen molar-refractivity contribution < 1.29 is 4.39 Å². The summed E-state index contributed by atoms with van der Waals surface area (Å²) in [6.45, 7) is 0. The van der Waals surface area contributed by atoms with Crippen LogP contribution >= 0.6 is 22.6 Å². The van der Waals surface area contributed by atoms with Gasteiger partial charge >= 0.3 is 0 Å². The molecular formula is C6H3FI. The Hall–Kier alpha value is -0.120. The lowest BCUT2D eigenvalue weighted by Crippen LogP contribution is -1.71. The summed E-state index contributed by atoms with van der Waals surface area (Å²) in [7, 11) is 0. The molecule has 0 saturated carbocycles. The van der Waals surface area contributed by atoms with Crippen molar-refractivity contribution in [2.45, 2.75) is 0 Å². The maximum Gasteiger partial charge on any atom is 0.131 e. The van der Waals surface area contributed by atoms with E-state index < -0.39 is 0 Å². The van der Waals surface area contributed by atoms with Crippen molar-refractivity contribution in [1.82, 2.24) is 0 Å².